The van der Waals surface area contributed by atoms with Gasteiger partial charge in [0.2, 0.25) is 0 Å². The van der Waals surface area contributed by atoms with Crippen LogP contribution in [0.5, 0.6) is 5.75 Å². The summed E-state index contributed by atoms with van der Waals surface area (Å²) in [7, 11) is 1.72. The summed E-state index contributed by atoms with van der Waals surface area (Å²) < 4.78 is 11.5. The number of rotatable bonds is 8. The van der Waals surface area contributed by atoms with Gasteiger partial charge in [0.05, 0.1) is 19.3 Å². The fourth-order valence-electron chi connectivity index (χ4n) is 3.38. The molecule has 3 rings (SSSR count). The van der Waals surface area contributed by atoms with E-state index in [1.807, 2.05) is 54.6 Å². The fourth-order valence-corrected chi connectivity index (χ4v) is 3.38. The molecule has 7 nitrogen and oxygen atoms in total. The summed E-state index contributed by atoms with van der Waals surface area (Å²) in [6.45, 7) is 1.69. The van der Waals surface area contributed by atoms with Crippen molar-refractivity contribution in [3.63, 3.8) is 0 Å². The van der Waals surface area contributed by atoms with Crippen LogP contribution in [-0.4, -0.2) is 79.3 Å². The molecule has 154 valence electrons. The van der Waals surface area contributed by atoms with Crippen molar-refractivity contribution >= 4 is 11.9 Å². The predicted molar refractivity (Wildman–Crippen MR) is 109 cm³/mol. The van der Waals surface area contributed by atoms with Crippen molar-refractivity contribution in [3.8, 4) is 16.9 Å². The highest BCUT2D eigenvalue weighted by Crippen LogP contribution is 2.29. The quantitative estimate of drug-likeness (QED) is 0.733. The number of benzene rings is 2. The molecule has 0 aliphatic carbocycles. The molecule has 7 heteroatoms. The predicted octanol–water partition coefficient (Wildman–Crippen LogP) is 1.98. The second-order valence-corrected chi connectivity index (χ2v) is 7.07. The van der Waals surface area contributed by atoms with Gasteiger partial charge in [0.1, 0.15) is 5.75 Å². The number of morpholine rings is 1. The Morgan fingerprint density at radius 3 is 2.66 bits per heavy atom. The van der Waals surface area contributed by atoms with Gasteiger partial charge in [0.15, 0.2) is 6.61 Å². The van der Waals surface area contributed by atoms with Gasteiger partial charge in [-0.05, 0) is 18.7 Å². The van der Waals surface area contributed by atoms with Gasteiger partial charge in [-0.3, -0.25) is 14.5 Å². The molecule has 1 atom stereocenters. The van der Waals surface area contributed by atoms with Crippen LogP contribution in [-0.2, 0) is 14.3 Å². The van der Waals surface area contributed by atoms with Crippen molar-refractivity contribution in [1.82, 2.24) is 9.80 Å². The zero-order chi connectivity index (χ0) is 20.6. The van der Waals surface area contributed by atoms with Crippen molar-refractivity contribution < 1.29 is 24.2 Å². The minimum Gasteiger partial charge on any atom is -0.483 e. The number of amides is 1. The van der Waals surface area contributed by atoms with Gasteiger partial charge in [-0.2, -0.15) is 0 Å². The average Bonchev–Trinajstić information content (AvgIpc) is 2.72. The molecular formula is C22H26N2O5. The third-order valence-electron chi connectivity index (χ3n) is 4.73. The van der Waals surface area contributed by atoms with Crippen LogP contribution in [0.1, 0.15) is 0 Å². The maximum atomic E-state index is 12.7. The summed E-state index contributed by atoms with van der Waals surface area (Å²) in [5.74, 6) is -0.332. The van der Waals surface area contributed by atoms with Crippen molar-refractivity contribution in [3.05, 3.63) is 54.6 Å². The molecule has 1 heterocycles. The first kappa shape index (κ1) is 20.8. The first-order valence-electron chi connectivity index (χ1n) is 9.60. The Bertz CT molecular complexity index is 827. The number of carbonyl (C=O) groups excluding carboxylic acids is 1. The standard InChI is InChI=1S/C22H26N2O5/c1-23(15-22(26)27)13-18-14-24(11-12-28-18)21(25)16-29-20-10-6-5-9-19(20)17-7-3-2-4-8-17/h2-10,18H,11-16H2,1H3,(H,26,27). The van der Waals surface area contributed by atoms with Crippen molar-refractivity contribution in [2.45, 2.75) is 6.10 Å². The van der Waals surface area contributed by atoms with Gasteiger partial charge in [0.25, 0.3) is 5.91 Å². The van der Waals surface area contributed by atoms with E-state index in [0.717, 1.165) is 11.1 Å². The van der Waals surface area contributed by atoms with Crippen LogP contribution in [0.3, 0.4) is 0 Å². The smallest absolute Gasteiger partial charge is 0.317 e. The Hall–Kier alpha value is -2.90. The number of aliphatic carboxylic acids is 1. The van der Waals surface area contributed by atoms with Crippen LogP contribution >= 0.6 is 0 Å². The number of likely N-dealkylation sites (N-methyl/N-ethyl adjacent to an activating group) is 1. The lowest BCUT2D eigenvalue weighted by molar-refractivity contribution is -0.143. The fraction of sp³-hybridized carbons (Fsp3) is 0.364. The molecule has 29 heavy (non-hydrogen) atoms. The molecule has 1 saturated heterocycles. The number of hydrogen-bond acceptors (Lipinski definition) is 5. The highest BCUT2D eigenvalue weighted by Gasteiger charge is 2.26. The van der Waals surface area contributed by atoms with Gasteiger partial charge in [-0.15, -0.1) is 0 Å². The monoisotopic (exact) mass is 398 g/mol. The number of carbonyl (C=O) groups is 2. The van der Waals surface area contributed by atoms with Crippen LogP contribution < -0.4 is 4.74 Å². The van der Waals surface area contributed by atoms with Crippen LogP contribution in [0.15, 0.2) is 54.6 Å². The van der Waals surface area contributed by atoms with E-state index in [0.29, 0.717) is 32.0 Å². The highest BCUT2D eigenvalue weighted by molar-refractivity contribution is 5.78. The van der Waals surface area contributed by atoms with Crippen LogP contribution in [0.4, 0.5) is 0 Å². The average molecular weight is 398 g/mol. The summed E-state index contributed by atoms with van der Waals surface area (Å²) in [5, 5.41) is 8.87. The normalized spacial score (nSPS) is 16.6. The van der Waals surface area contributed by atoms with Crippen LogP contribution in [0, 0.1) is 0 Å². The Kier molecular flexibility index (Phi) is 7.21. The molecule has 1 unspecified atom stereocenters. The molecule has 1 aliphatic rings. The summed E-state index contributed by atoms with van der Waals surface area (Å²) in [6.07, 6.45) is -0.214. The van der Waals surface area contributed by atoms with Gasteiger partial charge in [0, 0.05) is 25.2 Å². The molecule has 1 aliphatic heterocycles. The molecule has 0 radical (unpaired) electrons. The van der Waals surface area contributed by atoms with Gasteiger partial charge < -0.3 is 19.5 Å². The third kappa shape index (κ3) is 6.04. The van der Waals surface area contributed by atoms with Gasteiger partial charge in [-0.25, -0.2) is 0 Å². The lowest BCUT2D eigenvalue weighted by Crippen LogP contribution is -2.50. The topological polar surface area (TPSA) is 79.3 Å². The lowest BCUT2D eigenvalue weighted by Gasteiger charge is -2.34. The minimum atomic E-state index is -0.887. The molecular weight excluding hydrogens is 372 g/mol. The van der Waals surface area contributed by atoms with Crippen molar-refractivity contribution in [2.24, 2.45) is 0 Å². The number of carboxylic acid groups (broad SMARTS) is 1. The van der Waals surface area contributed by atoms with E-state index in [-0.39, 0.29) is 25.2 Å². The number of nitrogens with zero attached hydrogens (tertiary/aromatic N) is 2. The zero-order valence-corrected chi connectivity index (χ0v) is 16.5. The summed E-state index contributed by atoms with van der Waals surface area (Å²) in [6, 6.07) is 17.6. The van der Waals surface area contributed by atoms with Crippen LogP contribution in [0.2, 0.25) is 0 Å². The largest absolute Gasteiger partial charge is 0.483 e. The van der Waals surface area contributed by atoms with E-state index in [1.54, 1.807) is 16.8 Å². The highest BCUT2D eigenvalue weighted by atomic mass is 16.5. The molecule has 2 aromatic carbocycles. The van der Waals surface area contributed by atoms with E-state index >= 15 is 0 Å². The third-order valence-corrected chi connectivity index (χ3v) is 4.73. The second-order valence-electron chi connectivity index (χ2n) is 7.07. The van der Waals surface area contributed by atoms with Crippen LogP contribution in [0.25, 0.3) is 11.1 Å². The minimum absolute atomic E-state index is 0.0540. The number of hydrogen-bond donors (Lipinski definition) is 1. The molecule has 0 bridgehead atoms. The Morgan fingerprint density at radius 2 is 1.90 bits per heavy atom. The molecule has 0 aromatic heterocycles. The maximum Gasteiger partial charge on any atom is 0.317 e. The molecule has 0 spiro atoms. The molecule has 1 N–H and O–H groups in total. The Labute approximate surface area is 170 Å². The van der Waals surface area contributed by atoms with Gasteiger partial charge >= 0.3 is 5.97 Å². The molecule has 0 saturated carbocycles. The van der Waals surface area contributed by atoms with E-state index in [4.69, 9.17) is 14.6 Å². The van der Waals surface area contributed by atoms with E-state index in [1.165, 1.54) is 0 Å². The first-order chi connectivity index (χ1) is 14.0. The van der Waals surface area contributed by atoms with E-state index in [9.17, 15) is 9.59 Å². The number of ether oxygens (including phenoxy) is 2. The molecule has 2 aromatic rings. The molecule has 1 amide bonds. The summed E-state index contributed by atoms with van der Waals surface area (Å²) in [4.78, 5) is 26.9. The number of para-hydroxylation sites is 1. The van der Waals surface area contributed by atoms with E-state index < -0.39 is 5.97 Å². The molecule has 1 fully saturated rings. The van der Waals surface area contributed by atoms with Crippen molar-refractivity contribution in [1.29, 1.82) is 0 Å². The summed E-state index contributed by atoms with van der Waals surface area (Å²) in [5.41, 5.74) is 1.97. The van der Waals surface area contributed by atoms with Gasteiger partial charge in [-0.1, -0.05) is 48.5 Å². The lowest BCUT2D eigenvalue weighted by atomic mass is 10.1. The summed E-state index contributed by atoms with van der Waals surface area (Å²) >= 11 is 0. The maximum absolute atomic E-state index is 12.7. The Balaban J connectivity index is 1.57. The van der Waals surface area contributed by atoms with E-state index in [2.05, 4.69) is 0 Å². The first-order valence-corrected chi connectivity index (χ1v) is 9.60. The Morgan fingerprint density at radius 1 is 1.17 bits per heavy atom. The SMILES string of the molecule is CN(CC(=O)O)CC1CN(C(=O)COc2ccccc2-c2ccccc2)CCO1. The zero-order valence-electron chi connectivity index (χ0n) is 16.5. The van der Waals surface area contributed by atoms with Crippen molar-refractivity contribution in [2.75, 3.05) is 46.4 Å². The number of carboxylic acids is 1. The second kappa shape index (κ2) is 10.0.